The molecule has 0 saturated heterocycles. The molecule has 2 nitrogen and oxygen atoms in total. The molecule has 0 aliphatic rings. The molecule has 1 atom stereocenters. The van der Waals surface area contributed by atoms with Gasteiger partial charge >= 0.3 is 0 Å². The van der Waals surface area contributed by atoms with Crippen molar-refractivity contribution in [3.63, 3.8) is 0 Å². The summed E-state index contributed by atoms with van der Waals surface area (Å²) >= 11 is 5.81. The summed E-state index contributed by atoms with van der Waals surface area (Å²) in [6.07, 6.45) is 0.0226. The summed E-state index contributed by atoms with van der Waals surface area (Å²) in [5, 5.41) is 20.7. The summed E-state index contributed by atoms with van der Waals surface area (Å²) in [7, 11) is 0. The zero-order valence-electron chi connectivity index (χ0n) is 10.1. The van der Waals surface area contributed by atoms with E-state index >= 15 is 0 Å². The van der Waals surface area contributed by atoms with Crippen LogP contribution in [0.3, 0.4) is 0 Å². The molecule has 3 heteroatoms. The van der Waals surface area contributed by atoms with Crippen LogP contribution in [0.1, 0.15) is 29.7 Å². The molecule has 0 aliphatic heterocycles. The number of halogens is 1. The number of hydrogen-bond acceptors (Lipinski definition) is 2. The van der Waals surface area contributed by atoms with Crippen LogP contribution in [0.15, 0.2) is 42.5 Å². The maximum absolute atomic E-state index is 10.3. The van der Waals surface area contributed by atoms with Crippen molar-refractivity contribution in [3.05, 3.63) is 64.2 Å². The van der Waals surface area contributed by atoms with Crippen LogP contribution in [0.5, 0.6) is 5.75 Å². The highest BCUT2D eigenvalue weighted by molar-refractivity contribution is 6.30. The van der Waals surface area contributed by atoms with E-state index in [0.29, 0.717) is 16.1 Å². The largest absolute Gasteiger partial charge is 0.508 e. The van der Waals surface area contributed by atoms with Crippen molar-refractivity contribution in [2.75, 3.05) is 0 Å². The minimum absolute atomic E-state index is 0.106. The Morgan fingerprint density at radius 3 is 2.39 bits per heavy atom. The highest BCUT2D eigenvalue weighted by Crippen LogP contribution is 2.30. The Morgan fingerprint density at radius 1 is 1.11 bits per heavy atom. The summed E-state index contributed by atoms with van der Waals surface area (Å²) in [5.41, 5.74) is 2.32. The fourth-order valence-electron chi connectivity index (χ4n) is 1.87. The van der Waals surface area contributed by atoms with E-state index in [1.54, 1.807) is 30.3 Å². The summed E-state index contributed by atoms with van der Waals surface area (Å²) in [6.45, 7) is 2.03. The smallest absolute Gasteiger partial charge is 0.121 e. The lowest BCUT2D eigenvalue weighted by molar-refractivity contribution is 0.215. The van der Waals surface area contributed by atoms with Gasteiger partial charge < -0.3 is 10.2 Å². The van der Waals surface area contributed by atoms with E-state index in [9.17, 15) is 10.2 Å². The third-order valence-electron chi connectivity index (χ3n) is 2.98. The first kappa shape index (κ1) is 12.9. The van der Waals surface area contributed by atoms with E-state index in [-0.39, 0.29) is 5.75 Å². The zero-order valence-corrected chi connectivity index (χ0v) is 10.9. The standard InChI is InChI=1S/C15H15ClO2/c1-2-10-3-8-14(17)13(9-10)15(18)11-4-6-12(16)7-5-11/h3-9,15,17-18H,2H2,1H3. The zero-order chi connectivity index (χ0) is 13.1. The summed E-state index contributed by atoms with van der Waals surface area (Å²) < 4.78 is 0. The Labute approximate surface area is 111 Å². The van der Waals surface area contributed by atoms with E-state index in [1.807, 2.05) is 19.1 Å². The molecular formula is C15H15ClO2. The number of rotatable bonds is 3. The van der Waals surface area contributed by atoms with Crippen molar-refractivity contribution in [2.45, 2.75) is 19.4 Å². The lowest BCUT2D eigenvalue weighted by Crippen LogP contribution is -2.00. The van der Waals surface area contributed by atoms with Crippen LogP contribution in [-0.2, 0) is 6.42 Å². The van der Waals surface area contributed by atoms with Crippen LogP contribution in [0.4, 0.5) is 0 Å². The molecule has 2 N–H and O–H groups in total. The number of benzene rings is 2. The second kappa shape index (κ2) is 5.42. The number of aromatic hydroxyl groups is 1. The van der Waals surface area contributed by atoms with Gasteiger partial charge in [0.2, 0.25) is 0 Å². The molecule has 0 aromatic heterocycles. The lowest BCUT2D eigenvalue weighted by atomic mass is 9.98. The number of hydrogen-bond donors (Lipinski definition) is 2. The van der Waals surface area contributed by atoms with Crippen molar-refractivity contribution in [2.24, 2.45) is 0 Å². The van der Waals surface area contributed by atoms with Gasteiger partial charge in [-0.25, -0.2) is 0 Å². The molecule has 0 spiro atoms. The van der Waals surface area contributed by atoms with Crippen molar-refractivity contribution in [1.29, 1.82) is 0 Å². The second-order valence-electron chi connectivity index (χ2n) is 4.20. The molecule has 0 radical (unpaired) electrons. The van der Waals surface area contributed by atoms with Crippen molar-refractivity contribution in [3.8, 4) is 5.75 Å². The summed E-state index contributed by atoms with van der Waals surface area (Å²) in [4.78, 5) is 0. The molecular weight excluding hydrogens is 248 g/mol. The van der Waals surface area contributed by atoms with Gasteiger partial charge in [0.25, 0.3) is 0 Å². The predicted octanol–water partition coefficient (Wildman–Crippen LogP) is 3.69. The highest BCUT2D eigenvalue weighted by Gasteiger charge is 2.14. The van der Waals surface area contributed by atoms with E-state index in [1.165, 1.54) is 0 Å². The molecule has 0 aliphatic carbocycles. The van der Waals surface area contributed by atoms with Gasteiger partial charge in [-0.3, -0.25) is 0 Å². The Hall–Kier alpha value is -1.51. The normalized spacial score (nSPS) is 12.4. The first-order chi connectivity index (χ1) is 8.61. The fraction of sp³-hybridized carbons (Fsp3) is 0.200. The minimum atomic E-state index is -0.839. The second-order valence-corrected chi connectivity index (χ2v) is 4.64. The molecule has 18 heavy (non-hydrogen) atoms. The van der Waals surface area contributed by atoms with Gasteiger partial charge in [-0.2, -0.15) is 0 Å². The number of aliphatic hydroxyl groups excluding tert-OH is 1. The third kappa shape index (κ3) is 2.66. The number of phenols is 1. The van der Waals surface area contributed by atoms with E-state index < -0.39 is 6.10 Å². The molecule has 2 aromatic rings. The van der Waals surface area contributed by atoms with Crippen LogP contribution in [0.2, 0.25) is 5.02 Å². The van der Waals surface area contributed by atoms with Gasteiger partial charge in [0.05, 0.1) is 0 Å². The molecule has 2 rings (SSSR count). The number of aliphatic hydroxyl groups is 1. The van der Waals surface area contributed by atoms with Crippen LogP contribution in [0, 0.1) is 0 Å². The van der Waals surface area contributed by atoms with E-state index in [2.05, 4.69) is 0 Å². The van der Waals surface area contributed by atoms with Gasteiger partial charge in [-0.05, 0) is 41.8 Å². The highest BCUT2D eigenvalue weighted by atomic mass is 35.5. The maximum atomic E-state index is 10.3. The summed E-state index contributed by atoms with van der Waals surface area (Å²) in [5.74, 6) is 0.106. The maximum Gasteiger partial charge on any atom is 0.121 e. The molecule has 1 unspecified atom stereocenters. The van der Waals surface area contributed by atoms with Gasteiger partial charge in [0, 0.05) is 10.6 Å². The van der Waals surface area contributed by atoms with Gasteiger partial charge in [-0.15, -0.1) is 0 Å². The first-order valence-corrected chi connectivity index (χ1v) is 6.25. The molecule has 0 amide bonds. The molecule has 0 fully saturated rings. The molecule has 0 saturated carbocycles. The minimum Gasteiger partial charge on any atom is -0.508 e. The van der Waals surface area contributed by atoms with Crippen molar-refractivity contribution >= 4 is 11.6 Å². The average molecular weight is 263 g/mol. The van der Waals surface area contributed by atoms with Gasteiger partial charge in [0.15, 0.2) is 0 Å². The number of phenolic OH excluding ortho intramolecular Hbond substituents is 1. The quantitative estimate of drug-likeness (QED) is 0.886. The molecule has 2 aromatic carbocycles. The monoisotopic (exact) mass is 262 g/mol. The Morgan fingerprint density at radius 2 is 1.78 bits per heavy atom. The van der Waals surface area contributed by atoms with Crippen LogP contribution in [-0.4, -0.2) is 10.2 Å². The molecule has 0 bridgehead atoms. The third-order valence-corrected chi connectivity index (χ3v) is 3.23. The fourth-order valence-corrected chi connectivity index (χ4v) is 1.99. The van der Waals surface area contributed by atoms with E-state index in [4.69, 9.17) is 11.6 Å². The van der Waals surface area contributed by atoms with Gasteiger partial charge in [0.1, 0.15) is 11.9 Å². The Balaban J connectivity index is 2.38. The topological polar surface area (TPSA) is 40.5 Å². The van der Waals surface area contributed by atoms with Crippen LogP contribution < -0.4 is 0 Å². The van der Waals surface area contributed by atoms with E-state index in [0.717, 1.165) is 12.0 Å². The van der Waals surface area contributed by atoms with Gasteiger partial charge in [-0.1, -0.05) is 36.7 Å². The molecule has 0 heterocycles. The van der Waals surface area contributed by atoms with Crippen molar-refractivity contribution in [1.82, 2.24) is 0 Å². The van der Waals surface area contributed by atoms with Crippen LogP contribution in [0.25, 0.3) is 0 Å². The SMILES string of the molecule is CCc1ccc(O)c(C(O)c2ccc(Cl)cc2)c1. The lowest BCUT2D eigenvalue weighted by Gasteiger charge is -2.14. The predicted molar refractivity (Wildman–Crippen MR) is 73.0 cm³/mol. The van der Waals surface area contributed by atoms with Crippen LogP contribution >= 0.6 is 11.6 Å². The molecule has 94 valence electrons. The van der Waals surface area contributed by atoms with Crippen molar-refractivity contribution < 1.29 is 10.2 Å². The Bertz CT molecular complexity index is 535. The number of aryl methyl sites for hydroxylation is 1. The Kier molecular flexibility index (Phi) is 3.90. The summed E-state index contributed by atoms with van der Waals surface area (Å²) in [6, 6.07) is 12.3. The average Bonchev–Trinajstić information content (AvgIpc) is 2.39. The first-order valence-electron chi connectivity index (χ1n) is 5.87.